The number of halogens is 1. The SMILES string of the molecule is CNC(CCN1CCCC(C)(C)CC1)c1ccc(Br)cc1. The molecule has 1 aromatic rings. The zero-order valence-corrected chi connectivity index (χ0v) is 15.2. The fourth-order valence-corrected chi connectivity index (χ4v) is 3.45. The maximum absolute atomic E-state index is 3.51. The van der Waals surface area contributed by atoms with Gasteiger partial charge in [0.05, 0.1) is 0 Å². The first-order valence-corrected chi connectivity index (χ1v) is 8.94. The first-order valence-electron chi connectivity index (χ1n) is 8.15. The molecule has 2 rings (SSSR count). The first kappa shape index (κ1) is 17.0. The highest BCUT2D eigenvalue weighted by Gasteiger charge is 2.23. The quantitative estimate of drug-likeness (QED) is 0.832. The van der Waals surface area contributed by atoms with E-state index in [0.29, 0.717) is 11.5 Å². The van der Waals surface area contributed by atoms with Crippen LogP contribution in [0.1, 0.15) is 51.1 Å². The Balaban J connectivity index is 1.87. The van der Waals surface area contributed by atoms with Crippen LogP contribution in [0.2, 0.25) is 0 Å². The molecule has 1 heterocycles. The average molecular weight is 353 g/mol. The van der Waals surface area contributed by atoms with Gasteiger partial charge in [0.15, 0.2) is 0 Å². The van der Waals surface area contributed by atoms with Crippen LogP contribution in [0.25, 0.3) is 0 Å². The van der Waals surface area contributed by atoms with Gasteiger partial charge in [-0.25, -0.2) is 0 Å². The number of benzene rings is 1. The van der Waals surface area contributed by atoms with E-state index < -0.39 is 0 Å². The van der Waals surface area contributed by atoms with E-state index in [1.165, 1.54) is 50.9 Å². The second-order valence-corrected chi connectivity index (χ2v) is 7.96. The van der Waals surface area contributed by atoms with Crippen molar-refractivity contribution in [1.82, 2.24) is 10.2 Å². The molecule has 0 amide bonds. The number of hydrogen-bond donors (Lipinski definition) is 1. The normalized spacial score (nSPS) is 21.0. The Morgan fingerprint density at radius 2 is 1.90 bits per heavy atom. The molecular formula is C18H29BrN2. The van der Waals surface area contributed by atoms with E-state index in [9.17, 15) is 0 Å². The third-order valence-corrected chi connectivity index (χ3v) is 5.32. The van der Waals surface area contributed by atoms with Gasteiger partial charge in [-0.3, -0.25) is 0 Å². The standard InChI is InChI=1S/C18H29BrN2/c1-18(2)10-4-12-21(14-11-18)13-9-17(20-3)15-5-7-16(19)8-6-15/h5-8,17,20H,4,9-14H2,1-3H3. The monoisotopic (exact) mass is 352 g/mol. The summed E-state index contributed by atoms with van der Waals surface area (Å²) < 4.78 is 1.15. The Hall–Kier alpha value is -0.380. The Labute approximate surface area is 138 Å². The third kappa shape index (κ3) is 5.39. The van der Waals surface area contributed by atoms with E-state index in [1.807, 2.05) is 0 Å². The van der Waals surface area contributed by atoms with Crippen LogP contribution in [0.15, 0.2) is 28.7 Å². The molecule has 1 atom stereocenters. The van der Waals surface area contributed by atoms with Crippen LogP contribution in [0.3, 0.4) is 0 Å². The van der Waals surface area contributed by atoms with Gasteiger partial charge in [-0.05, 0) is 75.5 Å². The Kier molecular flexibility index (Phi) is 6.27. The fraction of sp³-hybridized carbons (Fsp3) is 0.667. The van der Waals surface area contributed by atoms with Gasteiger partial charge >= 0.3 is 0 Å². The van der Waals surface area contributed by atoms with E-state index in [-0.39, 0.29) is 0 Å². The zero-order valence-electron chi connectivity index (χ0n) is 13.7. The number of nitrogens with one attached hydrogen (secondary N) is 1. The second-order valence-electron chi connectivity index (χ2n) is 7.04. The average Bonchev–Trinajstić information content (AvgIpc) is 2.62. The lowest BCUT2D eigenvalue weighted by Crippen LogP contribution is -2.29. The molecule has 1 aromatic carbocycles. The summed E-state index contributed by atoms with van der Waals surface area (Å²) in [5.74, 6) is 0. The van der Waals surface area contributed by atoms with E-state index in [0.717, 1.165) is 4.47 Å². The zero-order chi connectivity index (χ0) is 15.3. The maximum atomic E-state index is 3.51. The highest BCUT2D eigenvalue weighted by atomic mass is 79.9. The molecule has 1 N–H and O–H groups in total. The van der Waals surface area contributed by atoms with Gasteiger partial charge in [-0.15, -0.1) is 0 Å². The number of nitrogens with zero attached hydrogens (tertiary/aromatic N) is 1. The van der Waals surface area contributed by atoms with Crippen LogP contribution in [-0.2, 0) is 0 Å². The molecule has 0 saturated carbocycles. The van der Waals surface area contributed by atoms with Crippen LogP contribution in [0.5, 0.6) is 0 Å². The predicted molar refractivity (Wildman–Crippen MR) is 94.6 cm³/mol. The summed E-state index contributed by atoms with van der Waals surface area (Å²) in [7, 11) is 2.07. The van der Waals surface area contributed by atoms with E-state index in [1.54, 1.807) is 0 Å². The van der Waals surface area contributed by atoms with Crippen LogP contribution < -0.4 is 5.32 Å². The van der Waals surface area contributed by atoms with E-state index >= 15 is 0 Å². The van der Waals surface area contributed by atoms with Gasteiger partial charge in [0.2, 0.25) is 0 Å². The van der Waals surface area contributed by atoms with Gasteiger partial charge in [-0.2, -0.15) is 0 Å². The van der Waals surface area contributed by atoms with Crippen molar-refractivity contribution in [2.24, 2.45) is 5.41 Å². The number of rotatable bonds is 5. The molecule has 21 heavy (non-hydrogen) atoms. The highest BCUT2D eigenvalue weighted by molar-refractivity contribution is 9.10. The lowest BCUT2D eigenvalue weighted by atomic mass is 9.85. The molecule has 3 heteroatoms. The molecule has 1 aliphatic heterocycles. The van der Waals surface area contributed by atoms with Crippen LogP contribution >= 0.6 is 15.9 Å². The lowest BCUT2D eigenvalue weighted by molar-refractivity contribution is 0.251. The molecule has 1 fully saturated rings. The minimum Gasteiger partial charge on any atom is -0.313 e. The van der Waals surface area contributed by atoms with Crippen molar-refractivity contribution >= 4 is 15.9 Å². The van der Waals surface area contributed by atoms with Crippen molar-refractivity contribution in [2.75, 3.05) is 26.7 Å². The van der Waals surface area contributed by atoms with Gasteiger partial charge in [-0.1, -0.05) is 41.9 Å². The third-order valence-electron chi connectivity index (χ3n) is 4.79. The molecule has 0 spiro atoms. The van der Waals surface area contributed by atoms with Gasteiger partial charge in [0.1, 0.15) is 0 Å². The van der Waals surface area contributed by atoms with Crippen LogP contribution in [-0.4, -0.2) is 31.6 Å². The molecule has 2 nitrogen and oxygen atoms in total. The first-order chi connectivity index (χ1) is 10.00. The molecular weight excluding hydrogens is 324 g/mol. The number of hydrogen-bond acceptors (Lipinski definition) is 2. The summed E-state index contributed by atoms with van der Waals surface area (Å²) in [6, 6.07) is 9.16. The second kappa shape index (κ2) is 7.75. The highest BCUT2D eigenvalue weighted by Crippen LogP contribution is 2.30. The molecule has 0 aliphatic carbocycles. The smallest absolute Gasteiger partial charge is 0.0329 e. The summed E-state index contributed by atoms with van der Waals surface area (Å²) in [5, 5.41) is 3.47. The number of likely N-dealkylation sites (tertiary alicyclic amines) is 1. The largest absolute Gasteiger partial charge is 0.313 e. The van der Waals surface area contributed by atoms with Crippen molar-refractivity contribution in [3.63, 3.8) is 0 Å². The van der Waals surface area contributed by atoms with Gasteiger partial charge < -0.3 is 10.2 Å². The predicted octanol–water partition coefficient (Wildman–Crippen LogP) is 4.61. The van der Waals surface area contributed by atoms with Crippen molar-refractivity contribution in [2.45, 2.75) is 45.6 Å². The molecule has 0 aromatic heterocycles. The Bertz CT molecular complexity index is 427. The van der Waals surface area contributed by atoms with E-state index in [2.05, 4.69) is 71.3 Å². The van der Waals surface area contributed by atoms with Crippen molar-refractivity contribution in [3.05, 3.63) is 34.3 Å². The molecule has 1 aliphatic rings. The molecule has 118 valence electrons. The molecule has 0 radical (unpaired) electrons. The fourth-order valence-electron chi connectivity index (χ4n) is 3.19. The minimum atomic E-state index is 0.453. The van der Waals surface area contributed by atoms with Gasteiger partial charge in [0.25, 0.3) is 0 Å². The Morgan fingerprint density at radius 1 is 1.19 bits per heavy atom. The summed E-state index contributed by atoms with van der Waals surface area (Å²) in [5.41, 5.74) is 1.92. The van der Waals surface area contributed by atoms with Crippen molar-refractivity contribution in [3.8, 4) is 0 Å². The minimum absolute atomic E-state index is 0.453. The maximum Gasteiger partial charge on any atom is 0.0329 e. The summed E-state index contributed by atoms with van der Waals surface area (Å²) in [4.78, 5) is 2.65. The van der Waals surface area contributed by atoms with Gasteiger partial charge in [0, 0.05) is 10.5 Å². The molecule has 1 unspecified atom stereocenters. The Morgan fingerprint density at radius 3 is 2.57 bits per heavy atom. The van der Waals surface area contributed by atoms with Crippen molar-refractivity contribution < 1.29 is 0 Å². The van der Waals surface area contributed by atoms with E-state index in [4.69, 9.17) is 0 Å². The van der Waals surface area contributed by atoms with Crippen LogP contribution in [0, 0.1) is 5.41 Å². The summed E-state index contributed by atoms with van der Waals surface area (Å²) in [6.07, 6.45) is 5.22. The summed E-state index contributed by atoms with van der Waals surface area (Å²) >= 11 is 3.51. The van der Waals surface area contributed by atoms with Crippen molar-refractivity contribution in [1.29, 1.82) is 0 Å². The molecule has 0 bridgehead atoms. The summed E-state index contributed by atoms with van der Waals surface area (Å²) in [6.45, 7) is 8.53. The van der Waals surface area contributed by atoms with Crippen LogP contribution in [0.4, 0.5) is 0 Å². The topological polar surface area (TPSA) is 15.3 Å². The molecule has 1 saturated heterocycles. The lowest BCUT2D eigenvalue weighted by Gasteiger charge is -2.25.